The number of hydrogen-bond donors (Lipinski definition) is 2. The van der Waals surface area contributed by atoms with Gasteiger partial charge in [0.05, 0.1) is 12.2 Å². The Morgan fingerprint density at radius 1 is 1.15 bits per heavy atom. The molecule has 10 atom stereocenters. The Kier molecular flexibility index (Phi) is 5.03. The lowest BCUT2D eigenvalue weighted by molar-refractivity contribution is -0.201. The lowest BCUT2D eigenvalue weighted by atomic mass is 9.43. The summed E-state index contributed by atoms with van der Waals surface area (Å²) < 4.78 is 0. The zero-order chi connectivity index (χ0) is 19.6. The van der Waals surface area contributed by atoms with E-state index in [1.807, 2.05) is 0 Å². The van der Waals surface area contributed by atoms with E-state index < -0.39 is 0 Å². The quantitative estimate of drug-likeness (QED) is 0.757. The van der Waals surface area contributed by atoms with Crippen LogP contribution in [0.3, 0.4) is 0 Å². The predicted octanol–water partition coefficient (Wildman–Crippen LogP) is 4.59. The van der Waals surface area contributed by atoms with E-state index in [1.165, 1.54) is 19.3 Å². The molecule has 0 heterocycles. The van der Waals surface area contributed by atoms with Crippen molar-refractivity contribution in [1.29, 1.82) is 0 Å². The number of fused-ring (bicyclic) bond motifs is 5. The number of ketones is 1. The van der Waals surface area contributed by atoms with Gasteiger partial charge in [0.15, 0.2) is 0 Å². The van der Waals surface area contributed by atoms with Gasteiger partial charge in [-0.2, -0.15) is 0 Å². The molecule has 27 heavy (non-hydrogen) atoms. The molecule has 0 unspecified atom stereocenters. The van der Waals surface area contributed by atoms with E-state index in [-0.39, 0.29) is 23.0 Å². The standard InChI is InChI=1S/C24H40O3/c1-5-6-14(2)17-7-8-18-22-19(13-21(27)24(17,18)4)23(3)10-9-16(25)11-15(23)12-20(22)26/h14-15,17-22,26-27H,5-13H2,1-4H3/t14-,15-,17-,18+,19+,20-,21+,22+,23+,24-/m1/s1. The molecule has 4 fully saturated rings. The first-order valence-electron chi connectivity index (χ1n) is 11.6. The third kappa shape index (κ3) is 2.78. The van der Waals surface area contributed by atoms with Crippen molar-refractivity contribution in [2.45, 2.75) is 97.7 Å². The fourth-order valence-corrected chi connectivity index (χ4v) is 8.60. The van der Waals surface area contributed by atoms with Crippen LogP contribution in [0.4, 0.5) is 0 Å². The van der Waals surface area contributed by atoms with Gasteiger partial charge >= 0.3 is 0 Å². The molecule has 4 aliphatic carbocycles. The maximum atomic E-state index is 12.1. The molecule has 0 radical (unpaired) electrons. The smallest absolute Gasteiger partial charge is 0.133 e. The Morgan fingerprint density at radius 3 is 2.59 bits per heavy atom. The summed E-state index contributed by atoms with van der Waals surface area (Å²) in [7, 11) is 0. The molecule has 0 saturated heterocycles. The minimum Gasteiger partial charge on any atom is -0.393 e. The minimum absolute atomic E-state index is 0.0512. The lowest BCUT2D eigenvalue weighted by Crippen LogP contribution is -2.62. The second-order valence-corrected chi connectivity index (χ2v) is 11.1. The lowest BCUT2D eigenvalue weighted by Gasteiger charge is -2.63. The van der Waals surface area contributed by atoms with Crippen molar-refractivity contribution in [1.82, 2.24) is 0 Å². The van der Waals surface area contributed by atoms with Gasteiger partial charge in [0.2, 0.25) is 0 Å². The summed E-state index contributed by atoms with van der Waals surface area (Å²) in [4.78, 5) is 12.1. The van der Waals surface area contributed by atoms with E-state index >= 15 is 0 Å². The second-order valence-electron chi connectivity index (χ2n) is 11.1. The van der Waals surface area contributed by atoms with E-state index in [4.69, 9.17) is 0 Å². The van der Waals surface area contributed by atoms with Crippen LogP contribution in [0.25, 0.3) is 0 Å². The molecule has 4 rings (SSSR count). The summed E-state index contributed by atoms with van der Waals surface area (Å²) in [5.74, 6) is 3.01. The topological polar surface area (TPSA) is 57.5 Å². The van der Waals surface area contributed by atoms with Crippen LogP contribution in [-0.4, -0.2) is 28.2 Å². The molecule has 4 aliphatic rings. The van der Waals surface area contributed by atoms with Gasteiger partial charge in [0, 0.05) is 12.8 Å². The molecule has 0 bridgehead atoms. The molecule has 154 valence electrons. The first kappa shape index (κ1) is 19.9. The molecule has 0 aromatic heterocycles. The highest BCUT2D eigenvalue weighted by Crippen LogP contribution is 2.68. The normalized spacial score (nSPS) is 53.4. The van der Waals surface area contributed by atoms with Crippen molar-refractivity contribution in [3.05, 3.63) is 0 Å². The highest BCUT2D eigenvalue weighted by molar-refractivity contribution is 5.79. The highest BCUT2D eigenvalue weighted by atomic mass is 16.3. The molecule has 0 aromatic rings. The largest absolute Gasteiger partial charge is 0.393 e. The minimum atomic E-state index is -0.295. The monoisotopic (exact) mass is 376 g/mol. The zero-order valence-electron chi connectivity index (χ0n) is 17.8. The van der Waals surface area contributed by atoms with Crippen molar-refractivity contribution in [3.63, 3.8) is 0 Å². The average Bonchev–Trinajstić information content (AvgIpc) is 2.96. The van der Waals surface area contributed by atoms with Crippen LogP contribution >= 0.6 is 0 Å². The number of aliphatic hydroxyl groups is 2. The number of rotatable bonds is 3. The third-order valence-electron chi connectivity index (χ3n) is 10.1. The van der Waals surface area contributed by atoms with Gasteiger partial charge < -0.3 is 10.2 Å². The van der Waals surface area contributed by atoms with Crippen LogP contribution in [-0.2, 0) is 4.79 Å². The summed E-state index contributed by atoms with van der Waals surface area (Å²) in [6, 6.07) is 0. The zero-order valence-corrected chi connectivity index (χ0v) is 17.8. The van der Waals surface area contributed by atoms with Gasteiger partial charge in [-0.3, -0.25) is 4.79 Å². The SMILES string of the molecule is CCC[C@@H](C)[C@H]1CC[C@H]2[C@@H]3[C@H](O)C[C@H]4CC(=O)CC[C@]4(C)[C@H]3C[C@H](O)[C@]12C. The predicted molar refractivity (Wildman–Crippen MR) is 107 cm³/mol. The summed E-state index contributed by atoms with van der Waals surface area (Å²) >= 11 is 0. The first-order chi connectivity index (χ1) is 12.7. The van der Waals surface area contributed by atoms with Gasteiger partial charge in [-0.25, -0.2) is 0 Å². The number of hydrogen-bond acceptors (Lipinski definition) is 3. The van der Waals surface area contributed by atoms with E-state index in [2.05, 4.69) is 27.7 Å². The third-order valence-corrected chi connectivity index (χ3v) is 10.1. The molecule has 3 nitrogen and oxygen atoms in total. The molecule has 0 aromatic carbocycles. The van der Waals surface area contributed by atoms with E-state index in [0.717, 1.165) is 25.7 Å². The van der Waals surface area contributed by atoms with Crippen molar-refractivity contribution >= 4 is 5.78 Å². The van der Waals surface area contributed by atoms with Crippen LogP contribution in [0.2, 0.25) is 0 Å². The average molecular weight is 377 g/mol. The first-order valence-corrected chi connectivity index (χ1v) is 11.6. The van der Waals surface area contributed by atoms with Crippen molar-refractivity contribution in [2.24, 2.45) is 46.3 Å². The van der Waals surface area contributed by atoms with Crippen LogP contribution in [0, 0.1) is 46.3 Å². The van der Waals surface area contributed by atoms with Gasteiger partial charge in [-0.1, -0.05) is 40.5 Å². The summed E-state index contributed by atoms with van der Waals surface area (Å²) in [5.41, 5.74) is 0.0671. The Labute approximate surface area is 165 Å². The van der Waals surface area contributed by atoms with Crippen molar-refractivity contribution in [2.75, 3.05) is 0 Å². The number of Topliss-reactive ketones (excluding diaryl/α,β-unsaturated/α-hetero) is 1. The van der Waals surface area contributed by atoms with Crippen molar-refractivity contribution in [3.8, 4) is 0 Å². The Bertz CT molecular complexity index is 588. The highest BCUT2D eigenvalue weighted by Gasteiger charge is 2.65. The molecule has 2 N–H and O–H groups in total. The number of aliphatic hydroxyl groups excluding tert-OH is 2. The van der Waals surface area contributed by atoms with Crippen LogP contribution in [0.5, 0.6) is 0 Å². The summed E-state index contributed by atoms with van der Waals surface area (Å²) in [6.07, 6.45) is 8.15. The van der Waals surface area contributed by atoms with Gasteiger partial charge in [-0.05, 0) is 78.4 Å². The molecule has 0 spiro atoms. The number of carbonyl (C=O) groups is 1. The molecule has 4 saturated carbocycles. The Hall–Kier alpha value is -0.410. The molecule has 3 heteroatoms. The van der Waals surface area contributed by atoms with Gasteiger partial charge in [0.1, 0.15) is 5.78 Å². The van der Waals surface area contributed by atoms with E-state index in [1.54, 1.807) is 0 Å². The maximum Gasteiger partial charge on any atom is 0.133 e. The number of carbonyl (C=O) groups excluding carboxylic acids is 1. The van der Waals surface area contributed by atoms with Crippen LogP contribution < -0.4 is 0 Å². The fourth-order valence-electron chi connectivity index (χ4n) is 8.60. The Balaban J connectivity index is 1.66. The van der Waals surface area contributed by atoms with Crippen LogP contribution in [0.15, 0.2) is 0 Å². The fraction of sp³-hybridized carbons (Fsp3) is 0.958. The second kappa shape index (κ2) is 6.83. The molecular formula is C24H40O3. The van der Waals surface area contributed by atoms with E-state index in [9.17, 15) is 15.0 Å². The molecular weight excluding hydrogens is 336 g/mol. The molecule has 0 amide bonds. The summed E-state index contributed by atoms with van der Waals surface area (Å²) in [5, 5.41) is 22.7. The van der Waals surface area contributed by atoms with Crippen molar-refractivity contribution < 1.29 is 15.0 Å². The maximum absolute atomic E-state index is 12.1. The van der Waals surface area contributed by atoms with Gasteiger partial charge in [0.25, 0.3) is 0 Å². The van der Waals surface area contributed by atoms with Crippen LogP contribution in [0.1, 0.15) is 85.5 Å². The molecule has 0 aliphatic heterocycles. The summed E-state index contributed by atoms with van der Waals surface area (Å²) in [6.45, 7) is 9.35. The van der Waals surface area contributed by atoms with E-state index in [0.29, 0.717) is 54.1 Å². The Morgan fingerprint density at radius 2 is 1.89 bits per heavy atom. The van der Waals surface area contributed by atoms with Gasteiger partial charge in [-0.15, -0.1) is 0 Å².